The molecule has 0 bridgehead atoms. The second kappa shape index (κ2) is 6.48. The highest BCUT2D eigenvalue weighted by Gasteiger charge is 2.12. The van der Waals surface area contributed by atoms with E-state index in [-0.39, 0.29) is 11.4 Å². The zero-order valence-electron chi connectivity index (χ0n) is 14.3. The summed E-state index contributed by atoms with van der Waals surface area (Å²) in [6.07, 6.45) is 0. The van der Waals surface area contributed by atoms with Crippen molar-refractivity contribution in [3.63, 3.8) is 0 Å². The van der Waals surface area contributed by atoms with Gasteiger partial charge in [-0.05, 0) is 55.5 Å². The van der Waals surface area contributed by atoms with Crippen LogP contribution >= 0.6 is 0 Å². The first-order valence-electron chi connectivity index (χ1n) is 8.51. The summed E-state index contributed by atoms with van der Waals surface area (Å²) >= 11 is 0. The van der Waals surface area contributed by atoms with Gasteiger partial charge < -0.3 is 9.30 Å². The van der Waals surface area contributed by atoms with E-state index in [1.807, 2.05) is 65.2 Å². The van der Waals surface area contributed by atoms with Gasteiger partial charge in [0, 0.05) is 16.5 Å². The topological polar surface area (TPSA) is 48.3 Å². The first kappa shape index (κ1) is 16.1. The van der Waals surface area contributed by atoms with Crippen molar-refractivity contribution in [1.82, 2.24) is 4.57 Å². The number of ether oxygens (including phenoxy) is 1. The molecule has 1 aromatic heterocycles. The molecule has 0 radical (unpaired) electrons. The zero-order valence-corrected chi connectivity index (χ0v) is 14.3. The quantitative estimate of drug-likeness (QED) is 0.411. The Hall–Kier alpha value is -3.40. The first-order chi connectivity index (χ1) is 12.7. The Kier molecular flexibility index (Phi) is 4.01. The van der Waals surface area contributed by atoms with E-state index in [1.165, 1.54) is 0 Å². The molecule has 0 aliphatic rings. The fourth-order valence-electron chi connectivity index (χ4n) is 3.24. The van der Waals surface area contributed by atoms with E-state index in [0.717, 1.165) is 16.7 Å². The van der Waals surface area contributed by atoms with Crippen molar-refractivity contribution in [3.05, 3.63) is 88.6 Å². The number of nitrogens with zero attached hydrogens (tertiary/aromatic N) is 1. The normalized spacial score (nSPS) is 11.0. The minimum absolute atomic E-state index is 0.0237. The maximum Gasteiger partial charge on any atom is 0.338 e. The number of benzene rings is 3. The van der Waals surface area contributed by atoms with Crippen LogP contribution in [0.5, 0.6) is 0 Å². The summed E-state index contributed by atoms with van der Waals surface area (Å²) in [5, 5.41) is 1.33. The minimum atomic E-state index is -0.339. The molecule has 0 fully saturated rings. The fraction of sp³-hybridized carbons (Fsp3) is 0.0909. The van der Waals surface area contributed by atoms with Crippen LogP contribution in [0.2, 0.25) is 0 Å². The predicted molar refractivity (Wildman–Crippen MR) is 103 cm³/mol. The molecule has 0 aliphatic heterocycles. The van der Waals surface area contributed by atoms with Crippen molar-refractivity contribution in [2.75, 3.05) is 6.61 Å². The molecule has 3 aromatic carbocycles. The molecule has 4 heteroatoms. The van der Waals surface area contributed by atoms with Gasteiger partial charge in [0.2, 0.25) is 0 Å². The highest BCUT2D eigenvalue weighted by molar-refractivity contribution is 5.95. The van der Waals surface area contributed by atoms with Gasteiger partial charge in [-0.15, -0.1) is 0 Å². The molecular formula is C22H17NO3. The SMILES string of the molecule is CCOC(=O)c1ccc(-n2c3ccccc3c(=O)c3ccccc32)cc1. The third kappa shape index (κ3) is 2.56. The number of aromatic nitrogens is 1. The van der Waals surface area contributed by atoms with Crippen molar-refractivity contribution in [2.45, 2.75) is 6.92 Å². The lowest BCUT2D eigenvalue weighted by Crippen LogP contribution is -2.10. The number of fused-ring (bicyclic) bond motifs is 2. The molecule has 0 amide bonds. The van der Waals surface area contributed by atoms with Gasteiger partial charge in [-0.25, -0.2) is 4.79 Å². The highest BCUT2D eigenvalue weighted by atomic mass is 16.5. The van der Waals surface area contributed by atoms with Crippen molar-refractivity contribution in [2.24, 2.45) is 0 Å². The standard InChI is InChI=1S/C22H17NO3/c1-2-26-22(25)15-11-13-16(14-12-15)23-19-9-5-3-7-17(19)21(24)18-8-4-6-10-20(18)23/h3-14H,2H2,1H3. The molecule has 0 saturated heterocycles. The van der Waals surface area contributed by atoms with Crippen molar-refractivity contribution >= 4 is 27.8 Å². The Morgan fingerprint density at radius 2 is 1.38 bits per heavy atom. The monoisotopic (exact) mass is 343 g/mol. The maximum atomic E-state index is 12.8. The van der Waals surface area contributed by atoms with Gasteiger partial charge in [-0.3, -0.25) is 4.79 Å². The smallest absolute Gasteiger partial charge is 0.338 e. The van der Waals surface area contributed by atoms with Crippen LogP contribution in [0.1, 0.15) is 17.3 Å². The van der Waals surface area contributed by atoms with Crippen LogP contribution in [0.15, 0.2) is 77.6 Å². The largest absolute Gasteiger partial charge is 0.462 e. The molecule has 0 unspecified atom stereocenters. The molecule has 4 aromatic rings. The number of para-hydroxylation sites is 2. The summed E-state index contributed by atoms with van der Waals surface area (Å²) in [7, 11) is 0. The summed E-state index contributed by atoms with van der Waals surface area (Å²) in [4.78, 5) is 24.7. The van der Waals surface area contributed by atoms with E-state index in [2.05, 4.69) is 0 Å². The van der Waals surface area contributed by atoms with Crippen molar-refractivity contribution in [1.29, 1.82) is 0 Å². The summed E-state index contributed by atoms with van der Waals surface area (Å²) in [6, 6.07) is 22.3. The van der Waals surface area contributed by atoms with Crippen molar-refractivity contribution < 1.29 is 9.53 Å². The van der Waals surface area contributed by atoms with Crippen LogP contribution in [0.3, 0.4) is 0 Å². The molecule has 0 atom stereocenters. The van der Waals surface area contributed by atoms with Crippen LogP contribution < -0.4 is 5.43 Å². The van der Waals surface area contributed by atoms with E-state index in [4.69, 9.17) is 4.74 Å². The lowest BCUT2D eigenvalue weighted by atomic mass is 10.1. The van der Waals surface area contributed by atoms with Gasteiger partial charge >= 0.3 is 5.97 Å². The van der Waals surface area contributed by atoms with E-state index in [9.17, 15) is 9.59 Å². The molecular weight excluding hydrogens is 326 g/mol. The number of hydrogen-bond acceptors (Lipinski definition) is 3. The van der Waals surface area contributed by atoms with Crippen molar-refractivity contribution in [3.8, 4) is 5.69 Å². The number of esters is 1. The number of carbonyl (C=O) groups is 1. The number of carbonyl (C=O) groups excluding carboxylic acids is 1. The van der Waals surface area contributed by atoms with E-state index < -0.39 is 0 Å². The fourth-order valence-corrected chi connectivity index (χ4v) is 3.24. The Balaban J connectivity index is 2.00. The van der Waals surface area contributed by atoms with Gasteiger partial charge in [0.15, 0.2) is 5.43 Å². The minimum Gasteiger partial charge on any atom is -0.462 e. The maximum absolute atomic E-state index is 12.8. The van der Waals surface area contributed by atoms with Gasteiger partial charge in [0.25, 0.3) is 0 Å². The molecule has 26 heavy (non-hydrogen) atoms. The summed E-state index contributed by atoms with van der Waals surface area (Å²) in [5.74, 6) is -0.339. The average molecular weight is 343 g/mol. The summed E-state index contributed by atoms with van der Waals surface area (Å²) in [6.45, 7) is 2.13. The van der Waals surface area contributed by atoms with E-state index >= 15 is 0 Å². The highest BCUT2D eigenvalue weighted by Crippen LogP contribution is 2.24. The second-order valence-corrected chi connectivity index (χ2v) is 5.97. The molecule has 1 heterocycles. The van der Waals surface area contributed by atoms with Gasteiger partial charge in [0.05, 0.1) is 23.2 Å². The number of pyridine rings is 1. The molecule has 128 valence electrons. The van der Waals surface area contributed by atoms with Crippen LogP contribution in [-0.4, -0.2) is 17.1 Å². The van der Waals surface area contributed by atoms with E-state index in [0.29, 0.717) is 22.9 Å². The summed E-state index contributed by atoms with van der Waals surface area (Å²) in [5.41, 5.74) is 3.08. The lowest BCUT2D eigenvalue weighted by molar-refractivity contribution is 0.0526. The second-order valence-electron chi connectivity index (χ2n) is 5.97. The molecule has 4 rings (SSSR count). The Bertz CT molecular complexity index is 1110. The van der Waals surface area contributed by atoms with Crippen LogP contribution in [-0.2, 0) is 4.74 Å². The van der Waals surface area contributed by atoms with Gasteiger partial charge in [0.1, 0.15) is 0 Å². The van der Waals surface area contributed by atoms with E-state index in [1.54, 1.807) is 19.1 Å². The molecule has 0 spiro atoms. The third-order valence-electron chi connectivity index (χ3n) is 4.42. The van der Waals surface area contributed by atoms with Gasteiger partial charge in [-0.1, -0.05) is 24.3 Å². The average Bonchev–Trinajstić information content (AvgIpc) is 2.69. The van der Waals surface area contributed by atoms with Crippen LogP contribution in [0.4, 0.5) is 0 Å². The molecule has 0 saturated carbocycles. The number of hydrogen-bond donors (Lipinski definition) is 0. The van der Waals surface area contributed by atoms with Crippen LogP contribution in [0, 0.1) is 0 Å². The number of rotatable bonds is 3. The van der Waals surface area contributed by atoms with Crippen LogP contribution in [0.25, 0.3) is 27.5 Å². The molecule has 4 nitrogen and oxygen atoms in total. The Morgan fingerprint density at radius 3 is 1.92 bits per heavy atom. The summed E-state index contributed by atoms with van der Waals surface area (Å²) < 4.78 is 7.09. The lowest BCUT2D eigenvalue weighted by Gasteiger charge is -2.15. The Morgan fingerprint density at radius 1 is 0.846 bits per heavy atom. The molecule has 0 N–H and O–H groups in total. The predicted octanol–water partition coefficient (Wildman–Crippen LogP) is 4.32. The molecule has 0 aliphatic carbocycles. The zero-order chi connectivity index (χ0) is 18.1. The van der Waals surface area contributed by atoms with Gasteiger partial charge in [-0.2, -0.15) is 0 Å². The first-order valence-corrected chi connectivity index (χ1v) is 8.51. The third-order valence-corrected chi connectivity index (χ3v) is 4.42. The Labute approximate surface area is 150 Å².